The zero-order chi connectivity index (χ0) is 16.1. The minimum absolute atomic E-state index is 0.0497. The fourth-order valence-electron chi connectivity index (χ4n) is 1.71. The molecule has 0 saturated carbocycles. The van der Waals surface area contributed by atoms with Gasteiger partial charge in [0.05, 0.1) is 5.69 Å². The van der Waals surface area contributed by atoms with Crippen molar-refractivity contribution in [2.45, 2.75) is 0 Å². The summed E-state index contributed by atoms with van der Waals surface area (Å²) in [6.07, 6.45) is 1.27. The van der Waals surface area contributed by atoms with Crippen molar-refractivity contribution in [1.29, 1.82) is 5.26 Å². The van der Waals surface area contributed by atoms with Crippen LogP contribution in [0.1, 0.15) is 5.56 Å². The molecule has 0 bridgehead atoms. The highest BCUT2D eigenvalue weighted by Crippen LogP contribution is 2.25. The highest BCUT2D eigenvalue weighted by atomic mass is 79.9. The lowest BCUT2D eigenvalue weighted by Crippen LogP contribution is -2.13. The van der Waals surface area contributed by atoms with Gasteiger partial charge in [-0.25, -0.2) is 0 Å². The average molecular weight is 359 g/mol. The van der Waals surface area contributed by atoms with E-state index in [1.165, 1.54) is 24.3 Å². The van der Waals surface area contributed by atoms with Gasteiger partial charge in [-0.3, -0.25) is 4.79 Å². The van der Waals surface area contributed by atoms with E-state index in [9.17, 15) is 15.0 Å². The van der Waals surface area contributed by atoms with Gasteiger partial charge < -0.3 is 15.5 Å². The summed E-state index contributed by atoms with van der Waals surface area (Å²) in [5, 5.41) is 30.9. The largest absolute Gasteiger partial charge is 0.507 e. The number of amides is 1. The van der Waals surface area contributed by atoms with E-state index in [1.807, 2.05) is 0 Å². The summed E-state index contributed by atoms with van der Waals surface area (Å²) in [6, 6.07) is 12.6. The van der Waals surface area contributed by atoms with Crippen LogP contribution in [0, 0.1) is 11.3 Å². The number of aromatic hydroxyl groups is 2. The number of hydrogen-bond donors (Lipinski definition) is 3. The first kappa shape index (κ1) is 15.6. The van der Waals surface area contributed by atoms with E-state index in [-0.39, 0.29) is 22.8 Å². The molecule has 2 aromatic rings. The number of phenolic OH excluding ortho intramolecular Hbond substituents is 2. The number of carbonyl (C=O) groups excluding carboxylic acids is 1. The summed E-state index contributed by atoms with van der Waals surface area (Å²) in [5.41, 5.74) is 0.335. The number of nitriles is 1. The Morgan fingerprint density at radius 3 is 2.59 bits per heavy atom. The molecule has 0 aliphatic rings. The monoisotopic (exact) mass is 358 g/mol. The number of phenols is 2. The Hall–Kier alpha value is -2.78. The summed E-state index contributed by atoms with van der Waals surface area (Å²) in [4.78, 5) is 12.1. The molecule has 0 fully saturated rings. The molecule has 0 radical (unpaired) electrons. The maximum atomic E-state index is 12.1. The number of nitrogens with zero attached hydrogens (tertiary/aromatic N) is 1. The third-order valence-electron chi connectivity index (χ3n) is 2.81. The molecule has 2 aromatic carbocycles. The molecule has 2 rings (SSSR count). The van der Waals surface area contributed by atoms with Crippen molar-refractivity contribution in [3.63, 3.8) is 0 Å². The van der Waals surface area contributed by atoms with Crippen LogP contribution < -0.4 is 5.32 Å². The lowest BCUT2D eigenvalue weighted by atomic mass is 10.1. The number of hydrogen-bond acceptors (Lipinski definition) is 4. The van der Waals surface area contributed by atoms with Crippen molar-refractivity contribution in [2.24, 2.45) is 0 Å². The van der Waals surface area contributed by atoms with Gasteiger partial charge in [-0.1, -0.05) is 28.1 Å². The number of para-hydroxylation sites is 2. The predicted molar refractivity (Wildman–Crippen MR) is 86.1 cm³/mol. The maximum Gasteiger partial charge on any atom is 0.266 e. The van der Waals surface area contributed by atoms with Gasteiger partial charge in [-0.15, -0.1) is 0 Å². The van der Waals surface area contributed by atoms with Gasteiger partial charge in [0.15, 0.2) is 0 Å². The van der Waals surface area contributed by atoms with Crippen LogP contribution >= 0.6 is 15.9 Å². The summed E-state index contributed by atoms with van der Waals surface area (Å²) < 4.78 is 0.704. The highest BCUT2D eigenvalue weighted by Gasteiger charge is 2.12. The SMILES string of the molecule is N#C/C(=C\c1cc(Br)ccc1O)C(=O)Nc1ccccc1O. The van der Waals surface area contributed by atoms with E-state index < -0.39 is 5.91 Å². The molecule has 0 aliphatic heterocycles. The normalized spacial score (nSPS) is 10.8. The van der Waals surface area contributed by atoms with Crippen LogP contribution in [0.4, 0.5) is 5.69 Å². The Bertz CT molecular complexity index is 794. The van der Waals surface area contributed by atoms with Gasteiger partial charge in [-0.2, -0.15) is 5.26 Å². The second-order valence-corrected chi connectivity index (χ2v) is 5.26. The summed E-state index contributed by atoms with van der Waals surface area (Å²) in [6.45, 7) is 0. The number of nitrogens with one attached hydrogen (secondary N) is 1. The summed E-state index contributed by atoms with van der Waals surface area (Å²) in [5.74, 6) is -0.826. The van der Waals surface area contributed by atoms with Crippen LogP contribution in [0.2, 0.25) is 0 Å². The Balaban J connectivity index is 2.30. The molecule has 6 heteroatoms. The number of benzene rings is 2. The molecule has 1 amide bonds. The molecule has 0 spiro atoms. The minimum Gasteiger partial charge on any atom is -0.507 e. The average Bonchev–Trinajstić information content (AvgIpc) is 2.50. The van der Waals surface area contributed by atoms with Gasteiger partial charge >= 0.3 is 0 Å². The lowest BCUT2D eigenvalue weighted by molar-refractivity contribution is -0.112. The Kier molecular flexibility index (Phi) is 4.81. The lowest BCUT2D eigenvalue weighted by Gasteiger charge is -2.06. The third-order valence-corrected chi connectivity index (χ3v) is 3.30. The number of halogens is 1. The van der Waals surface area contributed by atoms with Crippen LogP contribution in [-0.2, 0) is 4.79 Å². The van der Waals surface area contributed by atoms with E-state index in [4.69, 9.17) is 5.26 Å². The Morgan fingerprint density at radius 1 is 1.18 bits per heavy atom. The van der Waals surface area contributed by atoms with Crippen molar-refractivity contribution in [2.75, 3.05) is 5.32 Å². The van der Waals surface area contributed by atoms with Gasteiger partial charge in [0.25, 0.3) is 5.91 Å². The van der Waals surface area contributed by atoms with Crippen molar-refractivity contribution >= 4 is 33.6 Å². The van der Waals surface area contributed by atoms with E-state index >= 15 is 0 Å². The molecule has 22 heavy (non-hydrogen) atoms. The molecule has 110 valence electrons. The smallest absolute Gasteiger partial charge is 0.266 e. The molecule has 0 unspecified atom stereocenters. The fraction of sp³-hybridized carbons (Fsp3) is 0. The first-order valence-corrected chi connectivity index (χ1v) is 7.00. The molecular formula is C16H11BrN2O3. The van der Waals surface area contributed by atoms with Crippen molar-refractivity contribution in [3.05, 3.63) is 58.1 Å². The van der Waals surface area contributed by atoms with E-state index in [0.717, 1.165) is 0 Å². The predicted octanol–water partition coefficient (Wildman–Crippen LogP) is 3.41. The number of rotatable bonds is 3. The molecular weight excluding hydrogens is 348 g/mol. The van der Waals surface area contributed by atoms with E-state index in [0.29, 0.717) is 10.0 Å². The van der Waals surface area contributed by atoms with Crippen molar-refractivity contribution in [3.8, 4) is 17.6 Å². The van der Waals surface area contributed by atoms with Crippen LogP contribution in [0.25, 0.3) is 6.08 Å². The molecule has 0 heterocycles. The molecule has 3 N–H and O–H groups in total. The molecule has 0 aliphatic carbocycles. The Morgan fingerprint density at radius 2 is 1.91 bits per heavy atom. The maximum absolute atomic E-state index is 12.1. The number of anilines is 1. The standard InChI is InChI=1S/C16H11BrN2O3/c17-12-5-6-14(20)10(8-12)7-11(9-18)16(22)19-13-3-1-2-4-15(13)21/h1-8,20-21H,(H,19,22)/b11-7+. The van der Waals surface area contributed by atoms with E-state index in [2.05, 4.69) is 21.2 Å². The van der Waals surface area contributed by atoms with Crippen LogP contribution in [0.3, 0.4) is 0 Å². The number of carbonyl (C=O) groups is 1. The van der Waals surface area contributed by atoms with Crippen molar-refractivity contribution < 1.29 is 15.0 Å². The molecule has 5 nitrogen and oxygen atoms in total. The first-order chi connectivity index (χ1) is 10.5. The fourth-order valence-corrected chi connectivity index (χ4v) is 2.09. The van der Waals surface area contributed by atoms with Gasteiger partial charge in [0.2, 0.25) is 0 Å². The molecule has 0 atom stereocenters. The van der Waals surface area contributed by atoms with Crippen LogP contribution in [0.15, 0.2) is 52.5 Å². The quantitative estimate of drug-likeness (QED) is 0.445. The topological polar surface area (TPSA) is 93.3 Å². The van der Waals surface area contributed by atoms with Crippen LogP contribution in [0.5, 0.6) is 11.5 Å². The molecule has 0 aromatic heterocycles. The Labute approximate surface area is 135 Å². The summed E-state index contributed by atoms with van der Waals surface area (Å²) in [7, 11) is 0. The van der Waals surface area contributed by atoms with E-state index in [1.54, 1.807) is 30.3 Å². The molecule has 0 saturated heterocycles. The zero-order valence-corrected chi connectivity index (χ0v) is 12.8. The van der Waals surface area contributed by atoms with Gasteiger partial charge in [-0.05, 0) is 36.4 Å². The minimum atomic E-state index is -0.677. The van der Waals surface area contributed by atoms with Crippen LogP contribution in [-0.4, -0.2) is 16.1 Å². The van der Waals surface area contributed by atoms with Crippen molar-refractivity contribution in [1.82, 2.24) is 0 Å². The third kappa shape index (κ3) is 3.65. The van der Waals surface area contributed by atoms with Gasteiger partial charge in [0, 0.05) is 10.0 Å². The zero-order valence-electron chi connectivity index (χ0n) is 11.2. The van der Waals surface area contributed by atoms with Gasteiger partial charge in [0.1, 0.15) is 23.1 Å². The second-order valence-electron chi connectivity index (χ2n) is 4.34. The second kappa shape index (κ2) is 6.78. The summed E-state index contributed by atoms with van der Waals surface area (Å²) >= 11 is 3.25. The highest BCUT2D eigenvalue weighted by molar-refractivity contribution is 9.10. The first-order valence-electron chi connectivity index (χ1n) is 6.21.